The first kappa shape index (κ1) is 20.2. The van der Waals surface area contributed by atoms with Crippen LogP contribution in [0.2, 0.25) is 0 Å². The Labute approximate surface area is 181 Å². The van der Waals surface area contributed by atoms with Crippen LogP contribution in [0.25, 0.3) is 0 Å². The molecule has 0 bridgehead atoms. The number of amides is 2. The molecule has 0 aliphatic carbocycles. The fourth-order valence-electron chi connectivity index (χ4n) is 3.66. The molecule has 1 aliphatic heterocycles. The van der Waals surface area contributed by atoms with Crippen LogP contribution in [0.1, 0.15) is 21.5 Å². The van der Waals surface area contributed by atoms with Gasteiger partial charge in [-0.3, -0.25) is 9.59 Å². The Morgan fingerprint density at radius 1 is 0.900 bits per heavy atom. The summed E-state index contributed by atoms with van der Waals surface area (Å²) in [4.78, 5) is 28.2. The van der Waals surface area contributed by atoms with E-state index in [1.54, 1.807) is 0 Å². The second-order valence-corrected chi connectivity index (χ2v) is 8.22. The highest BCUT2D eigenvalue weighted by molar-refractivity contribution is 8.00. The quantitative estimate of drug-likeness (QED) is 0.583. The fraction of sp³-hybridized carbons (Fsp3) is 0.200. The third-order valence-electron chi connectivity index (χ3n) is 5.21. The third-order valence-corrected chi connectivity index (χ3v) is 6.27. The van der Waals surface area contributed by atoms with Crippen LogP contribution in [-0.2, 0) is 17.6 Å². The van der Waals surface area contributed by atoms with Gasteiger partial charge in [0.1, 0.15) is 0 Å². The summed E-state index contributed by atoms with van der Waals surface area (Å²) >= 11 is 1.42. The molecule has 0 saturated heterocycles. The number of rotatable bonds is 7. The van der Waals surface area contributed by atoms with Gasteiger partial charge in [0, 0.05) is 23.7 Å². The predicted molar refractivity (Wildman–Crippen MR) is 122 cm³/mol. The summed E-state index contributed by atoms with van der Waals surface area (Å²) in [6.07, 6.45) is 1.68. The van der Waals surface area contributed by atoms with Gasteiger partial charge in [0.05, 0.1) is 11.3 Å². The van der Waals surface area contributed by atoms with E-state index >= 15 is 0 Å². The van der Waals surface area contributed by atoms with E-state index in [4.69, 9.17) is 0 Å². The van der Waals surface area contributed by atoms with Crippen molar-refractivity contribution in [1.29, 1.82) is 0 Å². The lowest BCUT2D eigenvalue weighted by molar-refractivity contribution is -0.116. The van der Waals surface area contributed by atoms with Gasteiger partial charge in [0.25, 0.3) is 5.91 Å². The first-order valence-corrected chi connectivity index (χ1v) is 11.1. The minimum absolute atomic E-state index is 0.0734. The molecule has 0 aromatic heterocycles. The number of anilines is 1. The molecule has 152 valence electrons. The van der Waals surface area contributed by atoms with Crippen molar-refractivity contribution in [2.75, 3.05) is 23.7 Å². The summed E-state index contributed by atoms with van der Waals surface area (Å²) in [7, 11) is 0. The molecule has 30 heavy (non-hydrogen) atoms. The largest absolute Gasteiger partial charge is 0.352 e. The van der Waals surface area contributed by atoms with Gasteiger partial charge in [-0.05, 0) is 42.2 Å². The van der Waals surface area contributed by atoms with Crippen molar-refractivity contribution in [2.45, 2.75) is 17.7 Å². The van der Waals surface area contributed by atoms with Crippen LogP contribution in [0.4, 0.5) is 5.69 Å². The molecule has 2 amide bonds. The van der Waals surface area contributed by atoms with Crippen LogP contribution in [-0.4, -0.2) is 30.7 Å². The molecule has 3 aromatic rings. The number of nitrogens with zero attached hydrogens (tertiary/aromatic N) is 1. The Bertz CT molecular complexity index is 1040. The monoisotopic (exact) mass is 416 g/mol. The van der Waals surface area contributed by atoms with E-state index in [2.05, 4.69) is 23.5 Å². The topological polar surface area (TPSA) is 49.4 Å². The Morgan fingerprint density at radius 2 is 1.63 bits per heavy atom. The lowest BCUT2D eigenvalue weighted by atomic mass is 10.1. The Hall–Kier alpha value is -3.05. The maximum Gasteiger partial charge on any atom is 0.252 e. The molecule has 0 atom stereocenters. The zero-order valence-electron chi connectivity index (χ0n) is 16.7. The van der Waals surface area contributed by atoms with Crippen molar-refractivity contribution in [1.82, 2.24) is 5.32 Å². The molecule has 1 heterocycles. The number of benzene rings is 3. The van der Waals surface area contributed by atoms with Crippen LogP contribution >= 0.6 is 11.8 Å². The number of carbonyl (C=O) groups is 2. The SMILES string of the molecule is O=C(NCCc1ccccc1)c1ccccc1SCC(=O)N1CCc2ccccc21. The number of fused-ring (bicyclic) bond motifs is 1. The van der Waals surface area contributed by atoms with Gasteiger partial charge in [-0.25, -0.2) is 0 Å². The van der Waals surface area contributed by atoms with Gasteiger partial charge in [-0.2, -0.15) is 0 Å². The molecule has 3 aromatic carbocycles. The zero-order chi connectivity index (χ0) is 20.8. The molecule has 0 unspecified atom stereocenters. The van der Waals surface area contributed by atoms with E-state index in [1.165, 1.54) is 22.9 Å². The summed E-state index contributed by atoms with van der Waals surface area (Å²) in [5, 5.41) is 3.00. The highest BCUT2D eigenvalue weighted by atomic mass is 32.2. The first-order valence-electron chi connectivity index (χ1n) is 10.1. The zero-order valence-corrected chi connectivity index (χ0v) is 17.5. The number of hydrogen-bond acceptors (Lipinski definition) is 3. The number of thioether (sulfide) groups is 1. The third kappa shape index (κ3) is 4.74. The van der Waals surface area contributed by atoms with Gasteiger partial charge in [-0.1, -0.05) is 60.7 Å². The van der Waals surface area contributed by atoms with Crippen molar-refractivity contribution in [3.05, 3.63) is 95.6 Å². The van der Waals surface area contributed by atoms with Crippen molar-refractivity contribution in [2.24, 2.45) is 0 Å². The van der Waals surface area contributed by atoms with Gasteiger partial charge in [-0.15, -0.1) is 11.8 Å². The Kier molecular flexibility index (Phi) is 6.50. The van der Waals surface area contributed by atoms with E-state index in [0.717, 1.165) is 30.0 Å². The van der Waals surface area contributed by atoms with Crippen LogP contribution in [0.5, 0.6) is 0 Å². The van der Waals surface area contributed by atoms with Crippen molar-refractivity contribution in [3.8, 4) is 0 Å². The molecule has 1 aliphatic rings. The molecule has 4 nitrogen and oxygen atoms in total. The van der Waals surface area contributed by atoms with Gasteiger partial charge in [0.15, 0.2) is 0 Å². The number of hydrogen-bond donors (Lipinski definition) is 1. The van der Waals surface area contributed by atoms with E-state index in [0.29, 0.717) is 17.9 Å². The maximum absolute atomic E-state index is 12.8. The summed E-state index contributed by atoms with van der Waals surface area (Å²) in [5.74, 6) is 0.278. The lowest BCUT2D eigenvalue weighted by Gasteiger charge is -2.17. The summed E-state index contributed by atoms with van der Waals surface area (Å²) in [5.41, 5.74) is 4.03. The van der Waals surface area contributed by atoms with Crippen LogP contribution < -0.4 is 10.2 Å². The fourth-order valence-corrected chi connectivity index (χ4v) is 4.58. The molecular weight excluding hydrogens is 392 g/mol. The minimum Gasteiger partial charge on any atom is -0.352 e. The van der Waals surface area contributed by atoms with Crippen LogP contribution in [0, 0.1) is 0 Å². The lowest BCUT2D eigenvalue weighted by Crippen LogP contribution is -2.30. The second-order valence-electron chi connectivity index (χ2n) is 7.20. The van der Waals surface area contributed by atoms with E-state index in [-0.39, 0.29) is 11.8 Å². The average Bonchev–Trinajstić information content (AvgIpc) is 3.23. The van der Waals surface area contributed by atoms with E-state index in [1.807, 2.05) is 65.6 Å². The van der Waals surface area contributed by atoms with Crippen molar-refractivity contribution < 1.29 is 9.59 Å². The summed E-state index contributed by atoms with van der Waals surface area (Å²) in [6, 6.07) is 25.6. The van der Waals surface area contributed by atoms with Gasteiger partial charge >= 0.3 is 0 Å². The maximum atomic E-state index is 12.8. The predicted octanol–water partition coefficient (Wildman–Crippen LogP) is 4.34. The van der Waals surface area contributed by atoms with E-state index in [9.17, 15) is 9.59 Å². The molecule has 5 heteroatoms. The van der Waals surface area contributed by atoms with Crippen LogP contribution in [0.3, 0.4) is 0 Å². The average molecular weight is 417 g/mol. The van der Waals surface area contributed by atoms with E-state index < -0.39 is 0 Å². The molecule has 4 rings (SSSR count). The highest BCUT2D eigenvalue weighted by Gasteiger charge is 2.24. The highest BCUT2D eigenvalue weighted by Crippen LogP contribution is 2.29. The number of carbonyl (C=O) groups excluding carboxylic acids is 2. The summed E-state index contributed by atoms with van der Waals surface area (Å²) in [6.45, 7) is 1.30. The van der Waals surface area contributed by atoms with Crippen molar-refractivity contribution >= 4 is 29.3 Å². The summed E-state index contributed by atoms with van der Waals surface area (Å²) < 4.78 is 0. The molecular formula is C25H24N2O2S. The standard InChI is InChI=1S/C25H24N2O2S/c28-24(27-17-15-20-10-4-6-12-22(20)27)18-30-23-13-7-5-11-21(23)25(29)26-16-14-19-8-2-1-3-9-19/h1-13H,14-18H2,(H,26,29). The first-order chi connectivity index (χ1) is 14.7. The van der Waals surface area contributed by atoms with Crippen LogP contribution in [0.15, 0.2) is 83.8 Å². The Balaban J connectivity index is 1.35. The second kappa shape index (κ2) is 9.63. The van der Waals surface area contributed by atoms with Gasteiger partial charge in [0.2, 0.25) is 5.91 Å². The minimum atomic E-state index is -0.104. The molecule has 0 spiro atoms. The molecule has 0 radical (unpaired) electrons. The Morgan fingerprint density at radius 3 is 2.50 bits per heavy atom. The molecule has 0 saturated carbocycles. The number of nitrogens with one attached hydrogen (secondary N) is 1. The molecule has 1 N–H and O–H groups in total. The number of para-hydroxylation sites is 1. The van der Waals surface area contributed by atoms with Crippen molar-refractivity contribution in [3.63, 3.8) is 0 Å². The molecule has 0 fully saturated rings. The van der Waals surface area contributed by atoms with Gasteiger partial charge < -0.3 is 10.2 Å². The smallest absolute Gasteiger partial charge is 0.252 e. The normalized spacial score (nSPS) is 12.5.